The lowest BCUT2D eigenvalue weighted by Crippen LogP contribution is -2.40. The molecule has 0 amide bonds. The zero-order valence-electron chi connectivity index (χ0n) is 63.1. The molecule has 0 saturated carbocycles. The van der Waals surface area contributed by atoms with E-state index >= 15 is 0 Å². The quantitative estimate of drug-likeness (QED) is 0.0211. The van der Waals surface area contributed by atoms with Gasteiger partial charge >= 0.3 is 17.9 Å². The average molecular weight is 1330 g/mol. The number of unbranched alkanes of at least 4 members (excludes halogenated alkanes) is 44. The highest BCUT2D eigenvalue weighted by molar-refractivity contribution is 5.71. The standard InChI is InChI=1S/C86H153NO8/c1-6-8-10-12-14-16-18-20-22-24-26-28-30-32-34-36-38-39-40-41-42-43-44-45-47-49-51-53-55-57-59-61-63-65-67-69-71-73-75-77-84(89)95-82(81-94-86(85(90)91)92-79-78-87(3,4)5)80-93-83(88)76-74-72-70-68-66-64-62-60-58-56-54-52-50-48-46-37-35-33-31-29-27-25-23-21-19-17-15-13-11-9-7-2/h8,10,14,16,19-22,25-28,32,34,38-39,82,86H,6-7,9,11-13,15,17-18,23-24,29-31,33,35-37,40-81H2,1-5H3/p+1/b10-8-,16-14-,21-19-,22-20-,27-25-,28-26-,34-32-,39-38-. The Morgan fingerprint density at radius 3 is 0.895 bits per heavy atom. The van der Waals surface area contributed by atoms with Crippen molar-refractivity contribution in [2.24, 2.45) is 0 Å². The minimum absolute atomic E-state index is 0.179. The van der Waals surface area contributed by atoms with Crippen LogP contribution in [0.25, 0.3) is 0 Å². The number of nitrogens with zero attached hydrogens (tertiary/aromatic N) is 1. The van der Waals surface area contributed by atoms with E-state index in [1.165, 1.54) is 263 Å². The number of ether oxygens (including phenoxy) is 4. The number of allylic oxidation sites excluding steroid dienone is 16. The average Bonchev–Trinajstić information content (AvgIpc) is 2.92. The summed E-state index contributed by atoms with van der Waals surface area (Å²) >= 11 is 0. The third kappa shape index (κ3) is 77.4. The van der Waals surface area contributed by atoms with Crippen molar-refractivity contribution < 1.29 is 42.9 Å². The molecule has 0 aliphatic carbocycles. The fourth-order valence-electron chi connectivity index (χ4n) is 11.7. The van der Waals surface area contributed by atoms with Crippen molar-refractivity contribution in [3.63, 3.8) is 0 Å². The number of likely N-dealkylation sites (N-methyl/N-ethyl adjacent to an activating group) is 1. The van der Waals surface area contributed by atoms with E-state index in [0.29, 0.717) is 17.4 Å². The summed E-state index contributed by atoms with van der Waals surface area (Å²) in [6.45, 7) is 4.81. The molecule has 0 rings (SSSR count). The van der Waals surface area contributed by atoms with E-state index in [1.807, 2.05) is 21.1 Å². The Morgan fingerprint density at radius 1 is 0.326 bits per heavy atom. The van der Waals surface area contributed by atoms with Crippen molar-refractivity contribution >= 4 is 17.9 Å². The van der Waals surface area contributed by atoms with Gasteiger partial charge in [-0.15, -0.1) is 0 Å². The van der Waals surface area contributed by atoms with E-state index < -0.39 is 18.4 Å². The Hall–Kier alpha value is -3.79. The molecule has 9 heteroatoms. The second-order valence-electron chi connectivity index (χ2n) is 28.3. The molecular weight excluding hydrogens is 1170 g/mol. The number of quaternary nitrogens is 1. The van der Waals surface area contributed by atoms with Gasteiger partial charge in [-0.25, -0.2) is 4.79 Å². The fourth-order valence-corrected chi connectivity index (χ4v) is 11.7. The zero-order chi connectivity index (χ0) is 69.0. The van der Waals surface area contributed by atoms with E-state index in [1.54, 1.807) is 0 Å². The maximum Gasteiger partial charge on any atom is 0.361 e. The summed E-state index contributed by atoms with van der Waals surface area (Å²) in [6, 6.07) is 0. The molecule has 95 heavy (non-hydrogen) atoms. The molecule has 0 radical (unpaired) electrons. The first-order valence-corrected chi connectivity index (χ1v) is 40.4. The predicted molar refractivity (Wildman–Crippen MR) is 410 cm³/mol. The predicted octanol–water partition coefficient (Wildman–Crippen LogP) is 25.9. The van der Waals surface area contributed by atoms with Gasteiger partial charge in [0.05, 0.1) is 34.4 Å². The van der Waals surface area contributed by atoms with Gasteiger partial charge in [-0.3, -0.25) is 9.59 Å². The van der Waals surface area contributed by atoms with Gasteiger partial charge in [-0.05, 0) is 96.3 Å². The smallest absolute Gasteiger partial charge is 0.361 e. The van der Waals surface area contributed by atoms with Crippen LogP contribution in [0.3, 0.4) is 0 Å². The first-order chi connectivity index (χ1) is 46.6. The van der Waals surface area contributed by atoms with Crippen LogP contribution in [0.4, 0.5) is 0 Å². The molecule has 0 aromatic rings. The first kappa shape index (κ1) is 91.2. The normalized spacial score (nSPS) is 13.1. The molecule has 550 valence electrons. The Kier molecular flexibility index (Phi) is 72.9. The fraction of sp³-hybridized carbons (Fsp3) is 0.779. The SMILES string of the molecule is CC/C=C\C/C=C\C/C=C\C/C=C\C/C=C\C/C=C\CCCCCCCCCCCCCCCCCCCCCCC(=O)OC(COC(=O)CCCCCCCCCCCCCCCCCCCCC/C=C\C/C=C\CCCCCCC)COC(OCC[N+](C)(C)C)C(=O)O. The van der Waals surface area contributed by atoms with Crippen molar-refractivity contribution in [3.8, 4) is 0 Å². The van der Waals surface area contributed by atoms with Crippen molar-refractivity contribution in [3.05, 3.63) is 97.2 Å². The highest BCUT2D eigenvalue weighted by atomic mass is 16.7. The Balaban J connectivity index is 3.99. The topological polar surface area (TPSA) is 108 Å². The van der Waals surface area contributed by atoms with E-state index in [2.05, 4.69) is 111 Å². The van der Waals surface area contributed by atoms with Gasteiger partial charge < -0.3 is 28.5 Å². The summed E-state index contributed by atoms with van der Waals surface area (Å²) in [4.78, 5) is 37.8. The lowest BCUT2D eigenvalue weighted by atomic mass is 10.0. The number of hydrogen-bond donors (Lipinski definition) is 1. The Bertz CT molecular complexity index is 1890. The van der Waals surface area contributed by atoms with Crippen LogP contribution in [0.2, 0.25) is 0 Å². The molecule has 0 aliphatic rings. The first-order valence-electron chi connectivity index (χ1n) is 40.4. The molecule has 1 N–H and O–H groups in total. The van der Waals surface area contributed by atoms with Crippen LogP contribution < -0.4 is 0 Å². The number of carboxylic acids is 1. The van der Waals surface area contributed by atoms with E-state index in [9.17, 15) is 19.5 Å². The Morgan fingerprint density at radius 2 is 0.600 bits per heavy atom. The van der Waals surface area contributed by atoms with Crippen LogP contribution >= 0.6 is 0 Å². The lowest BCUT2D eigenvalue weighted by molar-refractivity contribution is -0.870. The van der Waals surface area contributed by atoms with Gasteiger partial charge in [0.25, 0.3) is 6.29 Å². The van der Waals surface area contributed by atoms with Gasteiger partial charge in [0.2, 0.25) is 0 Å². The number of carbonyl (C=O) groups is 3. The number of aliphatic carboxylic acids is 1. The number of hydrogen-bond acceptors (Lipinski definition) is 7. The van der Waals surface area contributed by atoms with Crippen LogP contribution in [0.15, 0.2) is 97.2 Å². The molecular formula is C86H154NO8+. The molecule has 0 saturated heterocycles. The number of esters is 2. The summed E-state index contributed by atoms with van der Waals surface area (Å²) in [7, 11) is 5.99. The van der Waals surface area contributed by atoms with Gasteiger partial charge in [0.1, 0.15) is 13.2 Å². The molecule has 2 atom stereocenters. The summed E-state index contributed by atoms with van der Waals surface area (Å²) < 4.78 is 23.1. The number of carbonyl (C=O) groups excluding carboxylic acids is 2. The van der Waals surface area contributed by atoms with Gasteiger partial charge in [-0.2, -0.15) is 0 Å². The van der Waals surface area contributed by atoms with Crippen LogP contribution in [0, 0.1) is 0 Å². The van der Waals surface area contributed by atoms with Crippen molar-refractivity contribution in [1.82, 2.24) is 0 Å². The summed E-state index contributed by atoms with van der Waals surface area (Å²) in [5, 5.41) is 9.78. The van der Waals surface area contributed by atoms with Crippen molar-refractivity contribution in [1.29, 1.82) is 0 Å². The molecule has 0 aliphatic heterocycles. The van der Waals surface area contributed by atoms with Crippen molar-refractivity contribution in [2.45, 2.75) is 386 Å². The van der Waals surface area contributed by atoms with Crippen LogP contribution in [0.1, 0.15) is 373 Å². The second kappa shape index (κ2) is 76.0. The largest absolute Gasteiger partial charge is 0.477 e. The summed E-state index contributed by atoms with van der Waals surface area (Å²) in [5.41, 5.74) is 0. The van der Waals surface area contributed by atoms with Crippen LogP contribution in [0.5, 0.6) is 0 Å². The Labute approximate surface area is 588 Å². The third-order valence-corrected chi connectivity index (χ3v) is 17.8. The third-order valence-electron chi connectivity index (χ3n) is 17.8. The molecule has 0 fully saturated rings. The van der Waals surface area contributed by atoms with Crippen LogP contribution in [-0.4, -0.2) is 87.4 Å². The van der Waals surface area contributed by atoms with E-state index in [-0.39, 0.29) is 38.2 Å². The van der Waals surface area contributed by atoms with Gasteiger partial charge in [0.15, 0.2) is 6.10 Å². The summed E-state index contributed by atoms with van der Waals surface area (Å²) in [5.74, 6) is -1.98. The minimum atomic E-state index is -1.51. The molecule has 0 bridgehead atoms. The highest BCUT2D eigenvalue weighted by Gasteiger charge is 2.25. The number of carboxylic acid groups (broad SMARTS) is 1. The zero-order valence-corrected chi connectivity index (χ0v) is 63.1. The van der Waals surface area contributed by atoms with Crippen molar-refractivity contribution in [2.75, 3.05) is 47.5 Å². The molecule has 0 aromatic carbocycles. The van der Waals surface area contributed by atoms with E-state index in [0.717, 1.165) is 83.5 Å². The second-order valence-corrected chi connectivity index (χ2v) is 28.3. The van der Waals surface area contributed by atoms with E-state index in [4.69, 9.17) is 18.9 Å². The van der Waals surface area contributed by atoms with Gasteiger partial charge in [0, 0.05) is 12.8 Å². The molecule has 9 nitrogen and oxygen atoms in total. The van der Waals surface area contributed by atoms with Crippen LogP contribution in [-0.2, 0) is 33.3 Å². The molecule has 2 unspecified atom stereocenters. The monoisotopic (exact) mass is 1330 g/mol. The minimum Gasteiger partial charge on any atom is -0.477 e. The molecule has 0 aromatic heterocycles. The maximum atomic E-state index is 13.0. The molecule has 0 spiro atoms. The number of rotatable bonds is 75. The lowest BCUT2D eigenvalue weighted by Gasteiger charge is -2.25. The maximum absolute atomic E-state index is 13.0. The highest BCUT2D eigenvalue weighted by Crippen LogP contribution is 2.19. The van der Waals surface area contributed by atoms with Gasteiger partial charge in [-0.1, -0.05) is 361 Å². The summed E-state index contributed by atoms with van der Waals surface area (Å²) in [6.07, 6.45) is 103. The molecule has 0 heterocycles.